The first kappa shape index (κ1) is 15.1. The van der Waals surface area contributed by atoms with Crippen molar-refractivity contribution in [2.45, 2.75) is 20.3 Å². The lowest BCUT2D eigenvalue weighted by Crippen LogP contribution is -2.47. The van der Waals surface area contributed by atoms with Gasteiger partial charge in [-0.3, -0.25) is 0 Å². The highest BCUT2D eigenvalue weighted by Crippen LogP contribution is 2.22. The summed E-state index contributed by atoms with van der Waals surface area (Å²) < 4.78 is 0.902. The minimum absolute atomic E-state index is 0.789. The summed E-state index contributed by atoms with van der Waals surface area (Å²) in [6.45, 7) is 7.84. The number of halogens is 1. The van der Waals surface area contributed by atoms with Gasteiger partial charge in [-0.2, -0.15) is 0 Å². The highest BCUT2D eigenvalue weighted by atomic mass is 79.9. The van der Waals surface area contributed by atoms with Gasteiger partial charge in [0.05, 0.1) is 4.47 Å². The van der Waals surface area contributed by atoms with Gasteiger partial charge in [0.1, 0.15) is 12.1 Å². The maximum Gasteiger partial charge on any atom is 0.225 e. The quantitative estimate of drug-likeness (QED) is 0.834. The molecule has 3 rings (SSSR count). The molecule has 0 saturated carbocycles. The lowest BCUT2D eigenvalue weighted by molar-refractivity contribution is 0.630. The summed E-state index contributed by atoms with van der Waals surface area (Å²) in [6.07, 6.45) is 6.20. The first-order chi connectivity index (χ1) is 10.7. The molecule has 1 fully saturated rings. The molecular weight excluding hydrogens is 344 g/mol. The van der Waals surface area contributed by atoms with Crippen LogP contribution in [0.3, 0.4) is 0 Å². The number of piperazine rings is 1. The van der Waals surface area contributed by atoms with Gasteiger partial charge in [0, 0.05) is 49.8 Å². The van der Waals surface area contributed by atoms with Gasteiger partial charge in [0.15, 0.2) is 0 Å². The van der Waals surface area contributed by atoms with E-state index in [4.69, 9.17) is 0 Å². The molecule has 3 heterocycles. The van der Waals surface area contributed by atoms with Crippen LogP contribution in [0, 0.1) is 6.92 Å². The number of rotatable bonds is 3. The highest BCUT2D eigenvalue weighted by Gasteiger charge is 2.22. The number of aromatic nitrogens is 4. The number of hydrogen-bond acceptors (Lipinski definition) is 6. The van der Waals surface area contributed by atoms with Gasteiger partial charge in [-0.1, -0.05) is 6.92 Å². The van der Waals surface area contributed by atoms with E-state index in [0.29, 0.717) is 0 Å². The molecule has 1 saturated heterocycles. The van der Waals surface area contributed by atoms with Gasteiger partial charge in [0.2, 0.25) is 5.95 Å². The zero-order valence-electron chi connectivity index (χ0n) is 12.8. The van der Waals surface area contributed by atoms with Gasteiger partial charge in [-0.05, 0) is 29.3 Å². The Bertz CT molecular complexity index is 637. The van der Waals surface area contributed by atoms with E-state index >= 15 is 0 Å². The average Bonchev–Trinajstić information content (AvgIpc) is 2.55. The molecule has 0 aliphatic carbocycles. The predicted octanol–water partition coefficient (Wildman–Crippen LogP) is 2.23. The second-order valence-corrected chi connectivity index (χ2v) is 6.21. The van der Waals surface area contributed by atoms with Gasteiger partial charge < -0.3 is 9.80 Å². The molecule has 7 heteroatoms. The van der Waals surface area contributed by atoms with Crippen molar-refractivity contribution >= 4 is 27.7 Å². The summed E-state index contributed by atoms with van der Waals surface area (Å²) in [5.74, 6) is 1.86. The number of aryl methyl sites for hydroxylation is 1. The third-order valence-electron chi connectivity index (χ3n) is 3.96. The summed E-state index contributed by atoms with van der Waals surface area (Å²) in [6, 6.07) is 0. The van der Waals surface area contributed by atoms with Crippen molar-refractivity contribution in [2.24, 2.45) is 0 Å². The van der Waals surface area contributed by atoms with Crippen LogP contribution >= 0.6 is 15.9 Å². The van der Waals surface area contributed by atoms with Crippen molar-refractivity contribution in [3.05, 3.63) is 34.5 Å². The number of anilines is 2. The molecule has 0 N–H and O–H groups in total. The largest absolute Gasteiger partial charge is 0.353 e. The summed E-state index contributed by atoms with van der Waals surface area (Å²) in [5.41, 5.74) is 2.32. The summed E-state index contributed by atoms with van der Waals surface area (Å²) >= 11 is 3.37. The molecule has 0 unspecified atom stereocenters. The van der Waals surface area contributed by atoms with Crippen LogP contribution in [-0.4, -0.2) is 46.1 Å². The standard InChI is InChI=1S/C15H19BrN6/c1-3-13-11(2)19-10-20-14(13)21-4-6-22(7-5-21)15-17-8-12(16)9-18-15/h8-10H,3-7H2,1-2H3. The van der Waals surface area contributed by atoms with E-state index < -0.39 is 0 Å². The second kappa shape index (κ2) is 6.56. The van der Waals surface area contributed by atoms with E-state index in [1.807, 2.05) is 0 Å². The molecule has 0 amide bonds. The van der Waals surface area contributed by atoms with Crippen LogP contribution in [0.4, 0.5) is 11.8 Å². The monoisotopic (exact) mass is 362 g/mol. The Morgan fingerprint density at radius 2 is 1.64 bits per heavy atom. The van der Waals surface area contributed by atoms with Crippen LogP contribution in [0.5, 0.6) is 0 Å². The van der Waals surface area contributed by atoms with Gasteiger partial charge >= 0.3 is 0 Å². The Hall–Kier alpha value is -1.76. The average molecular weight is 363 g/mol. The molecule has 2 aromatic rings. The molecule has 0 radical (unpaired) electrons. The molecule has 1 aliphatic rings. The topological polar surface area (TPSA) is 58.0 Å². The highest BCUT2D eigenvalue weighted by molar-refractivity contribution is 9.10. The molecule has 1 aliphatic heterocycles. The Kier molecular flexibility index (Phi) is 4.52. The maximum absolute atomic E-state index is 4.50. The van der Waals surface area contributed by atoms with E-state index in [9.17, 15) is 0 Å². The summed E-state index contributed by atoms with van der Waals surface area (Å²) in [4.78, 5) is 22.1. The molecule has 0 atom stereocenters. The van der Waals surface area contributed by atoms with Crippen molar-refractivity contribution in [1.82, 2.24) is 19.9 Å². The van der Waals surface area contributed by atoms with Crippen LogP contribution in [0.15, 0.2) is 23.2 Å². The van der Waals surface area contributed by atoms with Crippen molar-refractivity contribution in [3.63, 3.8) is 0 Å². The van der Waals surface area contributed by atoms with Crippen molar-refractivity contribution in [1.29, 1.82) is 0 Å². The zero-order chi connectivity index (χ0) is 15.5. The molecular formula is C15H19BrN6. The molecule has 116 valence electrons. The fraction of sp³-hybridized carbons (Fsp3) is 0.467. The second-order valence-electron chi connectivity index (χ2n) is 5.29. The van der Waals surface area contributed by atoms with E-state index in [0.717, 1.165) is 54.5 Å². The van der Waals surface area contributed by atoms with Crippen LogP contribution in [0.1, 0.15) is 18.2 Å². The Morgan fingerprint density at radius 1 is 1.00 bits per heavy atom. The molecule has 0 aromatic carbocycles. The van der Waals surface area contributed by atoms with E-state index in [-0.39, 0.29) is 0 Å². The Morgan fingerprint density at radius 3 is 2.27 bits per heavy atom. The SMILES string of the molecule is CCc1c(C)ncnc1N1CCN(c2ncc(Br)cn2)CC1. The molecule has 2 aromatic heterocycles. The first-order valence-electron chi connectivity index (χ1n) is 7.47. The van der Waals surface area contributed by atoms with Crippen LogP contribution in [0.25, 0.3) is 0 Å². The fourth-order valence-corrected chi connectivity index (χ4v) is 2.97. The van der Waals surface area contributed by atoms with Gasteiger partial charge in [-0.15, -0.1) is 0 Å². The van der Waals surface area contributed by atoms with Crippen LogP contribution in [0.2, 0.25) is 0 Å². The number of hydrogen-bond donors (Lipinski definition) is 0. The first-order valence-corrected chi connectivity index (χ1v) is 8.26. The smallest absolute Gasteiger partial charge is 0.225 e. The minimum Gasteiger partial charge on any atom is -0.353 e. The van der Waals surface area contributed by atoms with Crippen molar-refractivity contribution in [3.8, 4) is 0 Å². The van der Waals surface area contributed by atoms with E-state index in [1.165, 1.54) is 5.56 Å². The third kappa shape index (κ3) is 3.04. The summed E-state index contributed by atoms with van der Waals surface area (Å²) in [7, 11) is 0. The van der Waals surface area contributed by atoms with Crippen molar-refractivity contribution in [2.75, 3.05) is 36.0 Å². The van der Waals surface area contributed by atoms with Crippen LogP contribution < -0.4 is 9.80 Å². The Labute approximate surface area is 138 Å². The van der Waals surface area contributed by atoms with Gasteiger partial charge in [0.25, 0.3) is 0 Å². The lowest BCUT2D eigenvalue weighted by atomic mass is 10.1. The third-order valence-corrected chi connectivity index (χ3v) is 4.37. The zero-order valence-corrected chi connectivity index (χ0v) is 14.4. The molecule has 0 bridgehead atoms. The normalized spacial score (nSPS) is 15.2. The van der Waals surface area contributed by atoms with Crippen molar-refractivity contribution < 1.29 is 0 Å². The fourth-order valence-electron chi connectivity index (χ4n) is 2.76. The van der Waals surface area contributed by atoms with Gasteiger partial charge in [-0.25, -0.2) is 19.9 Å². The van der Waals surface area contributed by atoms with Crippen LogP contribution in [-0.2, 0) is 6.42 Å². The van der Waals surface area contributed by atoms with E-state index in [2.05, 4.69) is 59.5 Å². The Balaban J connectivity index is 1.72. The molecule has 6 nitrogen and oxygen atoms in total. The predicted molar refractivity (Wildman–Crippen MR) is 90.3 cm³/mol. The number of nitrogens with zero attached hydrogens (tertiary/aromatic N) is 6. The maximum atomic E-state index is 4.50. The lowest BCUT2D eigenvalue weighted by Gasteiger charge is -2.36. The molecule has 0 spiro atoms. The molecule has 22 heavy (non-hydrogen) atoms. The van der Waals surface area contributed by atoms with E-state index in [1.54, 1.807) is 18.7 Å². The minimum atomic E-state index is 0.789. The summed E-state index contributed by atoms with van der Waals surface area (Å²) in [5, 5.41) is 0.